The number of carbonyl (C=O) groups is 1. The van der Waals surface area contributed by atoms with Crippen LogP contribution in [0.25, 0.3) is 0 Å². The van der Waals surface area contributed by atoms with Crippen molar-refractivity contribution in [1.82, 2.24) is 0 Å². The van der Waals surface area contributed by atoms with Crippen LogP contribution in [0.2, 0.25) is 32.7 Å². The van der Waals surface area contributed by atoms with Gasteiger partial charge in [0.25, 0.3) is 0 Å². The van der Waals surface area contributed by atoms with Crippen LogP contribution in [0.3, 0.4) is 0 Å². The lowest BCUT2D eigenvalue weighted by molar-refractivity contribution is 0.0555. The zero-order valence-corrected chi connectivity index (χ0v) is 16.2. The molecule has 23 heavy (non-hydrogen) atoms. The summed E-state index contributed by atoms with van der Waals surface area (Å²) in [6, 6.07) is 6.03. The summed E-state index contributed by atoms with van der Waals surface area (Å²) < 4.78 is 11.4. The molecule has 0 unspecified atom stereocenters. The van der Waals surface area contributed by atoms with Crippen LogP contribution in [0.4, 0.5) is 0 Å². The average molecular weight is 361 g/mol. The molecule has 4 nitrogen and oxygen atoms in total. The second-order valence-electron chi connectivity index (χ2n) is 6.10. The van der Waals surface area contributed by atoms with Crippen LogP contribution in [0.1, 0.15) is 39.1 Å². The molecule has 0 aliphatic rings. The van der Waals surface area contributed by atoms with E-state index in [0.717, 1.165) is 0 Å². The molecule has 0 radical (unpaired) electrons. The summed E-state index contributed by atoms with van der Waals surface area (Å²) in [5.41, 5.74) is 0.440. The van der Waals surface area contributed by atoms with Gasteiger partial charge in [-0.25, -0.2) is 4.79 Å². The number of rotatable bonds is 5. The van der Waals surface area contributed by atoms with Gasteiger partial charge < -0.3 is 14.0 Å². The molecule has 0 bridgehead atoms. The molecule has 0 spiro atoms. The second kappa shape index (κ2) is 11.4. The number of carbonyl (C=O) groups excluding carboxylic acids is 1. The van der Waals surface area contributed by atoms with Gasteiger partial charge in [0.2, 0.25) is 8.32 Å². The highest BCUT2D eigenvalue weighted by Gasteiger charge is 2.31. The van der Waals surface area contributed by atoms with Gasteiger partial charge in [0.05, 0.1) is 5.56 Å². The van der Waals surface area contributed by atoms with Crippen LogP contribution in [0.5, 0.6) is 5.75 Å². The predicted octanol–water partition coefficient (Wildman–Crippen LogP) is 5.44. The topological polar surface area (TPSA) is 55.8 Å². The lowest BCUT2D eigenvalue weighted by atomic mass is 10.2. The van der Waals surface area contributed by atoms with Crippen LogP contribution in [0, 0.1) is 0 Å². The standard InChI is InChI=1S/C13H22O4Si2.C2H6.2CH4/c1-18(2,3)17-19(4,5)10-16-13(15)11-6-8-12(14)9-7-11;1-2;;/h6-9,14H,10H2,1-5H3;1-2H3;2*1H4. The van der Waals surface area contributed by atoms with Crippen LogP contribution in [-0.4, -0.2) is 33.9 Å². The number of phenolic OH excluding ortho intramolecular Hbond substituents is 1. The predicted molar refractivity (Wildman–Crippen MR) is 105 cm³/mol. The van der Waals surface area contributed by atoms with Crippen molar-refractivity contribution in [2.45, 2.75) is 61.4 Å². The maximum Gasteiger partial charge on any atom is 0.337 e. The largest absolute Gasteiger partial charge is 0.508 e. The highest BCUT2D eigenvalue weighted by atomic mass is 28.4. The number of aromatic hydroxyl groups is 1. The fraction of sp³-hybridized carbons (Fsp3) is 0.588. The summed E-state index contributed by atoms with van der Waals surface area (Å²) in [7, 11) is -3.59. The number of ether oxygens (including phenoxy) is 1. The zero-order chi connectivity index (χ0) is 16.7. The lowest BCUT2D eigenvalue weighted by Gasteiger charge is -2.30. The molecule has 1 N–H and O–H groups in total. The molecular formula is C17H36O4Si2. The quantitative estimate of drug-likeness (QED) is 0.561. The van der Waals surface area contributed by atoms with E-state index in [9.17, 15) is 4.79 Å². The van der Waals surface area contributed by atoms with Gasteiger partial charge in [0.1, 0.15) is 12.0 Å². The van der Waals surface area contributed by atoms with Crippen LogP contribution in [0.15, 0.2) is 24.3 Å². The maximum atomic E-state index is 11.8. The molecule has 0 amide bonds. The zero-order valence-electron chi connectivity index (χ0n) is 14.2. The van der Waals surface area contributed by atoms with Crippen molar-refractivity contribution in [1.29, 1.82) is 0 Å². The Morgan fingerprint density at radius 2 is 1.43 bits per heavy atom. The highest BCUT2D eigenvalue weighted by Crippen LogP contribution is 2.16. The van der Waals surface area contributed by atoms with E-state index < -0.39 is 16.6 Å². The number of benzene rings is 1. The number of phenols is 1. The smallest absolute Gasteiger partial charge is 0.337 e. The van der Waals surface area contributed by atoms with Gasteiger partial charge in [-0.05, 0) is 57.0 Å². The van der Waals surface area contributed by atoms with E-state index in [1.54, 1.807) is 12.1 Å². The van der Waals surface area contributed by atoms with Crippen LogP contribution < -0.4 is 0 Å². The number of esters is 1. The molecule has 1 aromatic carbocycles. The third-order valence-corrected chi connectivity index (χ3v) is 7.74. The molecule has 0 aromatic heterocycles. The SMILES string of the molecule is C.C.CC.C[Si](C)(C)O[Si](C)(C)COC(=O)c1ccc(O)cc1. The first kappa shape index (κ1) is 26.8. The van der Waals surface area contributed by atoms with E-state index in [1.807, 2.05) is 13.8 Å². The Kier molecular flexibility index (Phi) is 13.3. The summed E-state index contributed by atoms with van der Waals surface area (Å²) in [6.07, 6.45) is 0.344. The fourth-order valence-electron chi connectivity index (χ4n) is 1.78. The number of hydrogen-bond acceptors (Lipinski definition) is 4. The Balaban J connectivity index is -0.000000960. The molecule has 0 aliphatic carbocycles. The minimum atomic E-state index is -1.98. The minimum absolute atomic E-state index is 0. The molecule has 0 aliphatic heterocycles. The summed E-state index contributed by atoms with van der Waals surface area (Å²) in [4.78, 5) is 11.8. The van der Waals surface area contributed by atoms with Crippen molar-refractivity contribution in [3.05, 3.63) is 29.8 Å². The molecule has 0 saturated heterocycles. The lowest BCUT2D eigenvalue weighted by Crippen LogP contribution is -2.46. The molecule has 0 saturated carbocycles. The van der Waals surface area contributed by atoms with Crippen molar-refractivity contribution in [3.8, 4) is 5.75 Å². The molecule has 136 valence electrons. The van der Waals surface area contributed by atoms with Crippen molar-refractivity contribution in [3.63, 3.8) is 0 Å². The average Bonchev–Trinajstić information content (AvgIpc) is 2.36. The Morgan fingerprint density at radius 1 is 1.00 bits per heavy atom. The third-order valence-electron chi connectivity index (χ3n) is 2.24. The van der Waals surface area contributed by atoms with Gasteiger partial charge in [-0.2, -0.15) is 0 Å². The van der Waals surface area contributed by atoms with E-state index in [1.165, 1.54) is 12.1 Å². The van der Waals surface area contributed by atoms with Gasteiger partial charge >= 0.3 is 5.97 Å². The van der Waals surface area contributed by atoms with Crippen molar-refractivity contribution < 1.29 is 18.8 Å². The Morgan fingerprint density at radius 3 is 1.83 bits per heavy atom. The van der Waals surface area contributed by atoms with E-state index >= 15 is 0 Å². The van der Waals surface area contributed by atoms with Crippen molar-refractivity contribution in [2.75, 3.05) is 6.23 Å². The maximum absolute atomic E-state index is 11.8. The van der Waals surface area contributed by atoms with Crippen molar-refractivity contribution in [2.24, 2.45) is 0 Å². The Labute approximate surface area is 145 Å². The summed E-state index contributed by atoms with van der Waals surface area (Å²) in [5, 5.41) is 9.16. The van der Waals surface area contributed by atoms with Crippen LogP contribution in [-0.2, 0) is 8.85 Å². The van der Waals surface area contributed by atoms with E-state index in [-0.39, 0.29) is 26.6 Å². The first-order chi connectivity index (χ1) is 9.59. The summed E-state index contributed by atoms with van der Waals surface area (Å²) in [5.74, 6) is -0.243. The van der Waals surface area contributed by atoms with E-state index in [2.05, 4.69) is 32.7 Å². The first-order valence-electron chi connectivity index (χ1n) is 7.25. The Hall–Kier alpha value is -1.12. The third kappa shape index (κ3) is 12.0. The van der Waals surface area contributed by atoms with Gasteiger partial charge in [0, 0.05) is 0 Å². The summed E-state index contributed by atoms with van der Waals surface area (Å²) in [6.45, 7) is 14.5. The van der Waals surface area contributed by atoms with Gasteiger partial charge in [-0.1, -0.05) is 28.7 Å². The van der Waals surface area contributed by atoms with Gasteiger partial charge in [-0.3, -0.25) is 0 Å². The molecular weight excluding hydrogens is 324 g/mol. The number of hydrogen-bond donors (Lipinski definition) is 1. The second-order valence-corrected chi connectivity index (χ2v) is 14.9. The minimum Gasteiger partial charge on any atom is -0.508 e. The monoisotopic (exact) mass is 360 g/mol. The van der Waals surface area contributed by atoms with Crippen LogP contribution >= 0.6 is 0 Å². The fourth-order valence-corrected chi connectivity index (χ4v) is 9.12. The normalized spacial score (nSPS) is 10.4. The molecule has 0 atom stereocenters. The Bertz CT molecular complexity index is 437. The van der Waals surface area contributed by atoms with Crippen molar-refractivity contribution >= 4 is 22.6 Å². The first-order valence-corrected chi connectivity index (χ1v) is 13.8. The van der Waals surface area contributed by atoms with Gasteiger partial charge in [0.15, 0.2) is 8.32 Å². The molecule has 1 aromatic rings. The molecule has 1 rings (SSSR count). The summed E-state index contributed by atoms with van der Waals surface area (Å²) >= 11 is 0. The van der Waals surface area contributed by atoms with Gasteiger partial charge in [-0.15, -0.1) is 0 Å². The molecule has 0 heterocycles. The van der Waals surface area contributed by atoms with E-state index in [4.69, 9.17) is 14.0 Å². The molecule has 6 heteroatoms. The van der Waals surface area contributed by atoms with E-state index in [0.29, 0.717) is 11.8 Å². The molecule has 0 fully saturated rings. The highest BCUT2D eigenvalue weighted by molar-refractivity contribution is 6.84.